The van der Waals surface area contributed by atoms with E-state index < -0.39 is 0 Å². The van der Waals surface area contributed by atoms with E-state index in [9.17, 15) is 0 Å². The zero-order valence-corrected chi connectivity index (χ0v) is 9.99. The van der Waals surface area contributed by atoms with Crippen LogP contribution in [-0.4, -0.2) is 18.0 Å². The van der Waals surface area contributed by atoms with Crippen molar-refractivity contribution in [3.8, 4) is 0 Å². The molecule has 0 spiro atoms. The fraction of sp³-hybridized carbons (Fsp3) is 0.571. The van der Waals surface area contributed by atoms with E-state index in [1.54, 1.807) is 0 Å². The summed E-state index contributed by atoms with van der Waals surface area (Å²) in [6, 6.07) is 8.68. The Hall–Kier alpha value is -0.860. The topological polar surface area (TPSA) is 29.3 Å². The maximum atomic E-state index is 5.66. The number of benzene rings is 1. The zero-order valence-electron chi connectivity index (χ0n) is 9.99. The van der Waals surface area contributed by atoms with Gasteiger partial charge in [0.15, 0.2) is 0 Å². The zero-order chi connectivity index (χ0) is 11.2. The average Bonchev–Trinajstić information content (AvgIpc) is 2.58. The summed E-state index contributed by atoms with van der Waals surface area (Å²) < 4.78 is 0. The second-order valence-electron chi connectivity index (χ2n) is 4.71. The Kier molecular flexibility index (Phi) is 4.37. The van der Waals surface area contributed by atoms with E-state index in [0.29, 0.717) is 6.54 Å². The van der Waals surface area contributed by atoms with Crippen molar-refractivity contribution in [2.45, 2.75) is 38.8 Å². The molecule has 1 heterocycles. The van der Waals surface area contributed by atoms with Crippen LogP contribution in [0.15, 0.2) is 24.3 Å². The number of likely N-dealkylation sites (tertiary alicyclic amines) is 1. The van der Waals surface area contributed by atoms with Gasteiger partial charge in [0, 0.05) is 13.1 Å². The van der Waals surface area contributed by atoms with Gasteiger partial charge >= 0.3 is 0 Å². The minimum absolute atomic E-state index is 0.647. The second kappa shape index (κ2) is 6.02. The summed E-state index contributed by atoms with van der Waals surface area (Å²) in [4.78, 5) is 2.57. The third-order valence-corrected chi connectivity index (χ3v) is 3.33. The van der Waals surface area contributed by atoms with Crippen molar-refractivity contribution in [1.82, 2.24) is 4.90 Å². The van der Waals surface area contributed by atoms with Crippen LogP contribution in [-0.2, 0) is 13.1 Å². The van der Waals surface area contributed by atoms with Gasteiger partial charge < -0.3 is 5.73 Å². The summed E-state index contributed by atoms with van der Waals surface area (Å²) in [7, 11) is 0. The van der Waals surface area contributed by atoms with E-state index in [1.165, 1.54) is 49.9 Å². The highest BCUT2D eigenvalue weighted by Gasteiger charge is 2.09. The first kappa shape index (κ1) is 11.6. The molecular weight excluding hydrogens is 196 g/mol. The molecule has 0 saturated carbocycles. The van der Waals surface area contributed by atoms with Gasteiger partial charge in [-0.2, -0.15) is 0 Å². The van der Waals surface area contributed by atoms with E-state index in [-0.39, 0.29) is 0 Å². The van der Waals surface area contributed by atoms with Gasteiger partial charge in [0.25, 0.3) is 0 Å². The molecule has 1 fully saturated rings. The first-order chi connectivity index (χ1) is 7.88. The Morgan fingerprint density at radius 1 is 1.00 bits per heavy atom. The molecule has 88 valence electrons. The van der Waals surface area contributed by atoms with Crippen molar-refractivity contribution in [3.05, 3.63) is 35.4 Å². The van der Waals surface area contributed by atoms with Gasteiger partial charge in [-0.15, -0.1) is 0 Å². The molecular formula is C14H22N2. The highest BCUT2D eigenvalue weighted by molar-refractivity contribution is 5.23. The quantitative estimate of drug-likeness (QED) is 0.844. The van der Waals surface area contributed by atoms with E-state index >= 15 is 0 Å². The minimum Gasteiger partial charge on any atom is -0.326 e. The van der Waals surface area contributed by atoms with Crippen molar-refractivity contribution >= 4 is 0 Å². The van der Waals surface area contributed by atoms with Crippen molar-refractivity contribution in [1.29, 1.82) is 0 Å². The SMILES string of the molecule is NCc1cccc(CN2CCCCCC2)c1. The Morgan fingerprint density at radius 3 is 2.38 bits per heavy atom. The lowest BCUT2D eigenvalue weighted by Crippen LogP contribution is -2.24. The molecule has 0 bridgehead atoms. The Bertz CT molecular complexity index is 314. The van der Waals surface area contributed by atoms with Crippen LogP contribution >= 0.6 is 0 Å². The summed E-state index contributed by atoms with van der Waals surface area (Å²) in [5, 5.41) is 0. The first-order valence-electron chi connectivity index (χ1n) is 6.39. The van der Waals surface area contributed by atoms with Crippen LogP contribution in [0.3, 0.4) is 0 Å². The summed E-state index contributed by atoms with van der Waals surface area (Å²) >= 11 is 0. The molecule has 1 saturated heterocycles. The van der Waals surface area contributed by atoms with E-state index in [0.717, 1.165) is 6.54 Å². The standard InChI is InChI=1S/C14H22N2/c15-11-13-6-5-7-14(10-13)12-16-8-3-1-2-4-9-16/h5-7,10H,1-4,8-9,11-12,15H2. The molecule has 1 aliphatic rings. The maximum Gasteiger partial charge on any atom is 0.0233 e. The highest BCUT2D eigenvalue weighted by atomic mass is 15.1. The normalized spacial score (nSPS) is 18.3. The molecule has 1 aromatic carbocycles. The molecule has 0 radical (unpaired) electrons. The third-order valence-electron chi connectivity index (χ3n) is 3.33. The molecule has 0 aromatic heterocycles. The Labute approximate surface area is 98.4 Å². The van der Waals surface area contributed by atoms with Crippen LogP contribution in [0.5, 0.6) is 0 Å². The number of nitrogens with two attached hydrogens (primary N) is 1. The van der Waals surface area contributed by atoms with Crippen LogP contribution in [0.1, 0.15) is 36.8 Å². The number of hydrogen-bond donors (Lipinski definition) is 1. The molecule has 0 amide bonds. The Morgan fingerprint density at radius 2 is 1.69 bits per heavy atom. The van der Waals surface area contributed by atoms with Crippen LogP contribution in [0.4, 0.5) is 0 Å². The monoisotopic (exact) mass is 218 g/mol. The molecule has 0 aliphatic carbocycles. The minimum atomic E-state index is 0.647. The summed E-state index contributed by atoms with van der Waals surface area (Å²) in [5.41, 5.74) is 8.31. The van der Waals surface area contributed by atoms with Gasteiger partial charge in [0.1, 0.15) is 0 Å². The molecule has 16 heavy (non-hydrogen) atoms. The van der Waals surface area contributed by atoms with E-state index in [1.807, 2.05) is 0 Å². The van der Waals surface area contributed by atoms with Gasteiger partial charge in [0.05, 0.1) is 0 Å². The summed E-state index contributed by atoms with van der Waals surface area (Å²) in [5.74, 6) is 0. The van der Waals surface area contributed by atoms with E-state index in [2.05, 4.69) is 29.2 Å². The maximum absolute atomic E-state index is 5.66. The van der Waals surface area contributed by atoms with Crippen LogP contribution in [0.2, 0.25) is 0 Å². The number of rotatable bonds is 3. The van der Waals surface area contributed by atoms with Crippen LogP contribution in [0, 0.1) is 0 Å². The van der Waals surface area contributed by atoms with Gasteiger partial charge in [-0.25, -0.2) is 0 Å². The molecule has 2 heteroatoms. The smallest absolute Gasteiger partial charge is 0.0233 e. The molecule has 1 aliphatic heterocycles. The predicted octanol–water partition coefficient (Wildman–Crippen LogP) is 2.52. The van der Waals surface area contributed by atoms with Crippen LogP contribution < -0.4 is 5.73 Å². The molecule has 2 rings (SSSR count). The largest absolute Gasteiger partial charge is 0.326 e. The van der Waals surface area contributed by atoms with Gasteiger partial charge in [-0.1, -0.05) is 37.1 Å². The summed E-state index contributed by atoms with van der Waals surface area (Å²) in [6.45, 7) is 4.25. The van der Waals surface area contributed by atoms with Crippen molar-refractivity contribution in [2.24, 2.45) is 5.73 Å². The van der Waals surface area contributed by atoms with Gasteiger partial charge in [-0.05, 0) is 37.1 Å². The molecule has 0 atom stereocenters. The number of nitrogens with zero attached hydrogens (tertiary/aromatic N) is 1. The Balaban J connectivity index is 1.96. The first-order valence-corrected chi connectivity index (χ1v) is 6.39. The lowest BCUT2D eigenvalue weighted by Gasteiger charge is -2.20. The predicted molar refractivity (Wildman–Crippen MR) is 68.1 cm³/mol. The molecule has 0 unspecified atom stereocenters. The second-order valence-corrected chi connectivity index (χ2v) is 4.71. The molecule has 1 aromatic rings. The van der Waals surface area contributed by atoms with Gasteiger partial charge in [0.2, 0.25) is 0 Å². The van der Waals surface area contributed by atoms with Gasteiger partial charge in [-0.3, -0.25) is 4.90 Å². The summed E-state index contributed by atoms with van der Waals surface area (Å²) in [6.07, 6.45) is 5.52. The fourth-order valence-electron chi connectivity index (χ4n) is 2.41. The lowest BCUT2D eigenvalue weighted by atomic mass is 10.1. The molecule has 2 N–H and O–H groups in total. The molecule has 2 nitrogen and oxygen atoms in total. The van der Waals surface area contributed by atoms with Crippen molar-refractivity contribution in [2.75, 3.05) is 13.1 Å². The van der Waals surface area contributed by atoms with Crippen LogP contribution in [0.25, 0.3) is 0 Å². The number of hydrogen-bond acceptors (Lipinski definition) is 2. The fourth-order valence-corrected chi connectivity index (χ4v) is 2.41. The third kappa shape index (κ3) is 3.32. The van der Waals surface area contributed by atoms with Crippen molar-refractivity contribution < 1.29 is 0 Å². The van der Waals surface area contributed by atoms with E-state index in [4.69, 9.17) is 5.73 Å². The average molecular weight is 218 g/mol. The highest BCUT2D eigenvalue weighted by Crippen LogP contribution is 2.14. The van der Waals surface area contributed by atoms with Crippen molar-refractivity contribution in [3.63, 3.8) is 0 Å². The lowest BCUT2D eigenvalue weighted by molar-refractivity contribution is 0.277.